The van der Waals surface area contributed by atoms with Crippen LogP contribution in [0.1, 0.15) is 18.9 Å². The lowest BCUT2D eigenvalue weighted by molar-refractivity contribution is -0.120. The first-order chi connectivity index (χ1) is 11.0. The molecule has 3 N–H and O–H groups in total. The zero-order valence-electron chi connectivity index (χ0n) is 12.8. The number of aromatic nitrogens is 2. The number of nitrogens with zero attached hydrogens (tertiary/aromatic N) is 2. The predicted molar refractivity (Wildman–Crippen MR) is 83.9 cm³/mol. The van der Waals surface area contributed by atoms with Crippen molar-refractivity contribution in [3.05, 3.63) is 48.0 Å². The van der Waals surface area contributed by atoms with Crippen molar-refractivity contribution in [3.63, 3.8) is 0 Å². The normalized spacial score (nSPS) is 11.9. The Morgan fingerprint density at radius 2 is 2.13 bits per heavy atom. The fraction of sp³-hybridized carbons (Fsp3) is 0.312. The fourth-order valence-corrected chi connectivity index (χ4v) is 2.14. The summed E-state index contributed by atoms with van der Waals surface area (Å²) in [5, 5.41) is 6.64. The molecule has 6 nitrogen and oxygen atoms in total. The van der Waals surface area contributed by atoms with Crippen LogP contribution in [0.4, 0.5) is 10.1 Å². The van der Waals surface area contributed by atoms with Gasteiger partial charge in [0.1, 0.15) is 12.4 Å². The lowest BCUT2D eigenvalue weighted by Gasteiger charge is -2.11. The molecule has 0 aliphatic heterocycles. The number of nitrogens with two attached hydrogens (primary N) is 1. The van der Waals surface area contributed by atoms with Gasteiger partial charge in [0.15, 0.2) is 0 Å². The van der Waals surface area contributed by atoms with Crippen molar-refractivity contribution in [2.75, 3.05) is 5.32 Å². The van der Waals surface area contributed by atoms with Crippen LogP contribution in [0, 0.1) is 11.7 Å². The quantitative estimate of drug-likeness (QED) is 0.814. The fourth-order valence-electron chi connectivity index (χ4n) is 2.14. The van der Waals surface area contributed by atoms with Crippen molar-refractivity contribution in [1.29, 1.82) is 0 Å². The molecule has 122 valence electrons. The van der Waals surface area contributed by atoms with Gasteiger partial charge in [-0.15, -0.1) is 0 Å². The van der Waals surface area contributed by atoms with Gasteiger partial charge in [-0.25, -0.2) is 4.39 Å². The first kappa shape index (κ1) is 16.7. The van der Waals surface area contributed by atoms with Crippen molar-refractivity contribution in [3.8, 4) is 0 Å². The third-order valence-corrected chi connectivity index (χ3v) is 3.47. The number of rotatable bonds is 7. The van der Waals surface area contributed by atoms with E-state index >= 15 is 0 Å². The van der Waals surface area contributed by atoms with E-state index in [2.05, 4.69) is 10.4 Å². The molecule has 0 aliphatic carbocycles. The minimum atomic E-state index is -0.510. The molecule has 1 atom stereocenters. The number of nitrogens with one attached hydrogen (secondary N) is 1. The van der Waals surface area contributed by atoms with Gasteiger partial charge < -0.3 is 11.1 Å². The van der Waals surface area contributed by atoms with Gasteiger partial charge in [0.25, 0.3) is 0 Å². The Morgan fingerprint density at radius 3 is 2.83 bits per heavy atom. The number of hydrogen-bond acceptors (Lipinski definition) is 3. The lowest BCUT2D eigenvalue weighted by Crippen LogP contribution is -2.21. The van der Waals surface area contributed by atoms with Crippen molar-refractivity contribution in [2.24, 2.45) is 11.7 Å². The van der Waals surface area contributed by atoms with Crippen LogP contribution in [-0.2, 0) is 22.6 Å². The van der Waals surface area contributed by atoms with Gasteiger partial charge >= 0.3 is 0 Å². The van der Waals surface area contributed by atoms with Crippen molar-refractivity contribution in [2.45, 2.75) is 26.3 Å². The Morgan fingerprint density at radius 1 is 1.39 bits per heavy atom. The van der Waals surface area contributed by atoms with Gasteiger partial charge in [-0.1, -0.05) is 25.1 Å². The van der Waals surface area contributed by atoms with E-state index < -0.39 is 5.91 Å². The van der Waals surface area contributed by atoms with E-state index in [0.29, 0.717) is 24.1 Å². The number of carbonyl (C=O) groups excluding carboxylic acids is 2. The molecule has 1 aromatic heterocycles. The molecular weight excluding hydrogens is 299 g/mol. The Bertz CT molecular complexity index is 699. The van der Waals surface area contributed by atoms with Crippen molar-refractivity contribution < 1.29 is 14.0 Å². The molecule has 23 heavy (non-hydrogen) atoms. The molecule has 0 spiro atoms. The zero-order valence-corrected chi connectivity index (χ0v) is 12.8. The number of carbonyl (C=O) groups is 2. The number of halogens is 1. The molecule has 0 bridgehead atoms. The third-order valence-electron chi connectivity index (χ3n) is 3.47. The molecule has 0 aliphatic rings. The average molecular weight is 318 g/mol. The van der Waals surface area contributed by atoms with Gasteiger partial charge in [-0.2, -0.15) is 5.10 Å². The molecular formula is C16H19FN4O2. The highest BCUT2D eigenvalue weighted by Crippen LogP contribution is 2.15. The molecule has 0 unspecified atom stereocenters. The summed E-state index contributed by atoms with van der Waals surface area (Å²) in [5.74, 6) is -1.23. The smallest absolute Gasteiger partial charge is 0.239 e. The summed E-state index contributed by atoms with van der Waals surface area (Å²) in [6, 6.07) is 6.54. The van der Waals surface area contributed by atoms with Crippen LogP contribution in [0.3, 0.4) is 0 Å². The van der Waals surface area contributed by atoms with E-state index in [9.17, 15) is 14.0 Å². The van der Waals surface area contributed by atoms with Crippen LogP contribution in [0.25, 0.3) is 0 Å². The van der Waals surface area contributed by atoms with Crippen molar-refractivity contribution >= 4 is 17.5 Å². The number of aryl methyl sites for hydroxylation is 1. The van der Waals surface area contributed by atoms with Crippen LogP contribution in [0.2, 0.25) is 0 Å². The Labute approximate surface area is 133 Å². The first-order valence-corrected chi connectivity index (χ1v) is 7.30. The summed E-state index contributed by atoms with van der Waals surface area (Å²) in [6.45, 7) is 1.74. The van der Waals surface area contributed by atoms with Gasteiger partial charge in [-0.3, -0.25) is 14.3 Å². The second kappa shape index (κ2) is 7.53. The van der Waals surface area contributed by atoms with Gasteiger partial charge in [0, 0.05) is 12.1 Å². The molecule has 7 heteroatoms. The Kier molecular flexibility index (Phi) is 5.46. The highest BCUT2D eigenvalue weighted by molar-refractivity contribution is 5.92. The molecule has 0 saturated heterocycles. The Balaban J connectivity index is 1.86. The average Bonchev–Trinajstić information content (AvgIpc) is 2.92. The lowest BCUT2D eigenvalue weighted by atomic mass is 10.00. The first-order valence-electron chi connectivity index (χ1n) is 7.30. The molecule has 0 fully saturated rings. The van der Waals surface area contributed by atoms with Crippen LogP contribution < -0.4 is 11.1 Å². The molecule has 0 radical (unpaired) electrons. The minimum Gasteiger partial charge on any atom is -0.368 e. The van der Waals surface area contributed by atoms with E-state index in [1.165, 1.54) is 23.1 Å². The second-order valence-electron chi connectivity index (χ2n) is 5.41. The van der Waals surface area contributed by atoms with Gasteiger partial charge in [-0.05, 0) is 24.5 Å². The van der Waals surface area contributed by atoms with Crippen LogP contribution >= 0.6 is 0 Å². The van der Waals surface area contributed by atoms with Gasteiger partial charge in [0.2, 0.25) is 11.8 Å². The largest absolute Gasteiger partial charge is 0.368 e. The Hall–Kier alpha value is -2.70. The number of benzene rings is 1. The summed E-state index contributed by atoms with van der Waals surface area (Å²) < 4.78 is 14.9. The van der Waals surface area contributed by atoms with E-state index in [0.717, 1.165) is 0 Å². The monoisotopic (exact) mass is 318 g/mol. The summed E-state index contributed by atoms with van der Waals surface area (Å²) >= 11 is 0. The maximum absolute atomic E-state index is 13.5. The predicted octanol–water partition coefficient (Wildman–Crippen LogP) is 1.71. The molecule has 2 aromatic rings. The topological polar surface area (TPSA) is 90.0 Å². The molecule has 1 heterocycles. The molecule has 1 aromatic carbocycles. The van der Waals surface area contributed by atoms with Crippen LogP contribution in [0.5, 0.6) is 0 Å². The molecule has 2 rings (SSSR count). The summed E-state index contributed by atoms with van der Waals surface area (Å²) in [5.41, 5.74) is 6.17. The van der Waals surface area contributed by atoms with Crippen LogP contribution in [-0.4, -0.2) is 21.6 Å². The SMILES string of the molecule is C[C@H](CCc1ccccc1F)C(=O)Nc1cnn(CC(N)=O)c1. The summed E-state index contributed by atoms with van der Waals surface area (Å²) in [4.78, 5) is 22.9. The van der Waals surface area contributed by atoms with Crippen molar-refractivity contribution in [1.82, 2.24) is 9.78 Å². The number of anilines is 1. The zero-order chi connectivity index (χ0) is 16.8. The maximum atomic E-state index is 13.5. The van der Waals surface area contributed by atoms with E-state index in [1.54, 1.807) is 25.1 Å². The second-order valence-corrected chi connectivity index (χ2v) is 5.41. The number of hydrogen-bond donors (Lipinski definition) is 2. The van der Waals surface area contributed by atoms with E-state index in [-0.39, 0.29) is 24.2 Å². The minimum absolute atomic E-state index is 0.0429. The maximum Gasteiger partial charge on any atom is 0.239 e. The third kappa shape index (κ3) is 4.91. The van der Waals surface area contributed by atoms with Gasteiger partial charge in [0.05, 0.1) is 11.9 Å². The molecule has 0 saturated carbocycles. The van der Waals surface area contributed by atoms with E-state index in [4.69, 9.17) is 5.73 Å². The van der Waals surface area contributed by atoms with E-state index in [1.807, 2.05) is 0 Å². The highest BCUT2D eigenvalue weighted by atomic mass is 19.1. The standard InChI is InChI=1S/C16H19FN4O2/c1-11(6-7-12-4-2-3-5-14(12)17)16(23)20-13-8-19-21(9-13)10-15(18)22/h2-5,8-9,11H,6-7,10H2,1H3,(H2,18,22)(H,20,23)/t11-/m1/s1. The number of primary amides is 1. The number of amides is 2. The highest BCUT2D eigenvalue weighted by Gasteiger charge is 2.15. The van der Waals surface area contributed by atoms with Crippen LogP contribution in [0.15, 0.2) is 36.7 Å². The summed E-state index contributed by atoms with van der Waals surface area (Å²) in [6.07, 6.45) is 4.00. The molecule has 2 amide bonds. The summed E-state index contributed by atoms with van der Waals surface area (Å²) in [7, 11) is 0.